The number of halogens is 1. The summed E-state index contributed by atoms with van der Waals surface area (Å²) >= 11 is 5.07. The van der Waals surface area contributed by atoms with Crippen LogP contribution in [0.25, 0.3) is 0 Å². The van der Waals surface area contributed by atoms with Crippen LogP contribution in [0.4, 0.5) is 0 Å². The van der Waals surface area contributed by atoms with Crippen molar-refractivity contribution in [2.75, 3.05) is 6.61 Å². The summed E-state index contributed by atoms with van der Waals surface area (Å²) in [6, 6.07) is 0. The second-order valence-corrected chi connectivity index (χ2v) is 1.76. The van der Waals surface area contributed by atoms with Crippen LogP contribution in [0.15, 0.2) is 0 Å². The highest BCUT2D eigenvalue weighted by Crippen LogP contribution is 1.91. The number of carbonyl (C=O) groups is 1. The molecule has 0 aliphatic carbocycles. The summed E-state index contributed by atoms with van der Waals surface area (Å²) in [6.45, 7) is 2.52. The van der Waals surface area contributed by atoms with Gasteiger partial charge in [0.2, 0.25) is 0 Å². The monoisotopic (exact) mass is 146 g/mol. The second-order valence-electron chi connectivity index (χ2n) is 1.57. The van der Waals surface area contributed by atoms with Crippen molar-refractivity contribution in [3.8, 4) is 11.3 Å². The van der Waals surface area contributed by atoms with E-state index in [1.54, 1.807) is 0 Å². The Morgan fingerprint density at radius 2 is 2.56 bits per heavy atom. The molecule has 0 amide bonds. The number of hydrogen-bond acceptors (Lipinski definition) is 2. The highest BCUT2D eigenvalue weighted by Gasteiger charge is 1.93. The van der Waals surface area contributed by atoms with E-state index in [0.29, 0.717) is 13.1 Å². The van der Waals surface area contributed by atoms with Crippen molar-refractivity contribution in [2.24, 2.45) is 5.92 Å². The molecule has 0 saturated heterocycles. The minimum Gasteiger partial charge on any atom is -0.467 e. The molecule has 0 bridgehead atoms. The van der Waals surface area contributed by atoms with Gasteiger partial charge in [-0.15, -0.1) is 0 Å². The maximum absolute atomic E-state index is 9.61. The molecule has 9 heavy (non-hydrogen) atoms. The van der Waals surface area contributed by atoms with Crippen molar-refractivity contribution in [1.29, 1.82) is 0 Å². The first-order valence-corrected chi connectivity index (χ1v) is 2.85. The van der Waals surface area contributed by atoms with Crippen LogP contribution in [0.3, 0.4) is 0 Å². The number of hydrogen-bond donors (Lipinski definition) is 0. The Hall–Kier alpha value is -0.680. The van der Waals surface area contributed by atoms with Gasteiger partial charge in [-0.2, -0.15) is 0 Å². The van der Waals surface area contributed by atoms with Crippen LogP contribution in [0.1, 0.15) is 6.92 Å². The van der Waals surface area contributed by atoms with Gasteiger partial charge in [-0.1, -0.05) is 5.92 Å². The van der Waals surface area contributed by atoms with Gasteiger partial charge in [0.1, 0.15) is 6.61 Å². The molecule has 0 saturated carbocycles. The molecule has 0 N–H and O–H groups in total. The normalized spacial score (nSPS) is 10.9. The largest absolute Gasteiger partial charge is 0.467 e. The fraction of sp³-hybridized carbons (Fsp3) is 0.500. The summed E-state index contributed by atoms with van der Waals surface area (Å²) in [4.78, 5) is 9.61. The highest BCUT2D eigenvalue weighted by atomic mass is 35.5. The zero-order valence-electron chi connectivity index (χ0n) is 5.06. The summed E-state index contributed by atoms with van der Waals surface area (Å²) in [5.74, 6) is 2.63. The third kappa shape index (κ3) is 5.19. The lowest BCUT2D eigenvalue weighted by Crippen LogP contribution is -2.01. The van der Waals surface area contributed by atoms with Gasteiger partial charge in [0.15, 0.2) is 0 Å². The van der Waals surface area contributed by atoms with Gasteiger partial charge in [-0.3, -0.25) is 4.79 Å². The summed E-state index contributed by atoms with van der Waals surface area (Å²) in [5, 5.41) is 2.20. The average molecular weight is 147 g/mol. The summed E-state index contributed by atoms with van der Waals surface area (Å²) in [7, 11) is 0. The summed E-state index contributed by atoms with van der Waals surface area (Å²) in [5.41, 5.74) is 0. The maximum atomic E-state index is 9.61. The fourth-order valence-corrected chi connectivity index (χ4v) is 0.505. The van der Waals surface area contributed by atoms with Gasteiger partial charge in [0, 0.05) is 5.38 Å². The van der Waals surface area contributed by atoms with Gasteiger partial charge in [0.05, 0.1) is 5.92 Å². The van der Waals surface area contributed by atoms with E-state index in [4.69, 9.17) is 11.6 Å². The lowest BCUT2D eigenvalue weighted by atomic mass is 10.2. The molecule has 0 fully saturated rings. The molecule has 0 aromatic heterocycles. The van der Waals surface area contributed by atoms with E-state index in [9.17, 15) is 4.79 Å². The van der Waals surface area contributed by atoms with Gasteiger partial charge in [-0.25, -0.2) is 0 Å². The Morgan fingerprint density at radius 3 is 3.00 bits per heavy atom. The molecule has 0 rings (SSSR count). The van der Waals surface area contributed by atoms with E-state index in [1.807, 2.05) is 6.92 Å². The number of rotatable bonds is 3. The van der Waals surface area contributed by atoms with Crippen molar-refractivity contribution in [3.63, 3.8) is 0 Å². The van der Waals surface area contributed by atoms with Crippen LogP contribution in [0.2, 0.25) is 0 Å². The maximum Gasteiger partial charge on any atom is 0.293 e. The Labute approximate surface area is 59.1 Å². The van der Waals surface area contributed by atoms with Crippen LogP contribution in [0, 0.1) is 17.2 Å². The molecule has 0 spiro atoms. The second kappa shape index (κ2) is 5.46. The lowest BCUT2D eigenvalue weighted by molar-refractivity contribution is -0.129. The molecule has 0 radical (unpaired) electrons. The number of carbonyl (C=O) groups excluding carboxylic acids is 1. The molecule has 1 atom stereocenters. The molecule has 50 valence electrons. The van der Waals surface area contributed by atoms with Crippen molar-refractivity contribution in [1.82, 2.24) is 0 Å². The predicted molar refractivity (Wildman–Crippen MR) is 34.8 cm³/mol. The standard InChI is InChI=1S/C6H7ClO2/c1-6(2-3-7)4-9-5-8/h5-6H,4H2,1H3. The highest BCUT2D eigenvalue weighted by molar-refractivity contribution is 6.30. The Bertz CT molecular complexity index is 134. The quantitative estimate of drug-likeness (QED) is 0.439. The SMILES string of the molecule is CC(C#CCl)COC=O. The fourth-order valence-electron chi connectivity index (χ4n) is 0.318. The van der Waals surface area contributed by atoms with Crippen LogP contribution in [0.5, 0.6) is 0 Å². The van der Waals surface area contributed by atoms with Crippen LogP contribution < -0.4 is 0 Å². The Kier molecular flexibility index (Phi) is 5.04. The molecular weight excluding hydrogens is 140 g/mol. The van der Waals surface area contributed by atoms with E-state index in [0.717, 1.165) is 0 Å². The van der Waals surface area contributed by atoms with E-state index in [1.165, 1.54) is 0 Å². The molecule has 2 nitrogen and oxygen atoms in total. The van der Waals surface area contributed by atoms with Gasteiger partial charge < -0.3 is 4.74 Å². The molecule has 3 heteroatoms. The molecule has 0 heterocycles. The summed E-state index contributed by atoms with van der Waals surface area (Å²) in [6.07, 6.45) is 0. The zero-order chi connectivity index (χ0) is 7.11. The van der Waals surface area contributed by atoms with Crippen molar-refractivity contribution in [2.45, 2.75) is 6.92 Å². The van der Waals surface area contributed by atoms with Gasteiger partial charge >= 0.3 is 0 Å². The van der Waals surface area contributed by atoms with Crippen LogP contribution in [-0.2, 0) is 9.53 Å². The average Bonchev–Trinajstić information content (AvgIpc) is 1.85. The lowest BCUT2D eigenvalue weighted by Gasteiger charge is -1.98. The van der Waals surface area contributed by atoms with Crippen LogP contribution in [-0.4, -0.2) is 13.1 Å². The molecule has 0 aromatic carbocycles. The topological polar surface area (TPSA) is 26.3 Å². The van der Waals surface area contributed by atoms with Crippen molar-refractivity contribution < 1.29 is 9.53 Å². The molecule has 0 aliphatic heterocycles. The molecule has 0 aromatic rings. The third-order valence-electron chi connectivity index (χ3n) is 0.715. The Balaban J connectivity index is 3.33. The number of ether oxygens (including phenoxy) is 1. The van der Waals surface area contributed by atoms with E-state index in [2.05, 4.69) is 16.0 Å². The summed E-state index contributed by atoms with van der Waals surface area (Å²) < 4.78 is 4.41. The first-order valence-electron chi connectivity index (χ1n) is 2.47. The Morgan fingerprint density at radius 1 is 1.89 bits per heavy atom. The van der Waals surface area contributed by atoms with Crippen LogP contribution >= 0.6 is 11.6 Å². The van der Waals surface area contributed by atoms with Gasteiger partial charge in [0.25, 0.3) is 6.47 Å². The van der Waals surface area contributed by atoms with Crippen molar-refractivity contribution >= 4 is 18.1 Å². The minimum atomic E-state index is 0.0210. The van der Waals surface area contributed by atoms with Crippen molar-refractivity contribution in [3.05, 3.63) is 0 Å². The minimum absolute atomic E-state index is 0.0210. The smallest absolute Gasteiger partial charge is 0.293 e. The molecule has 0 aliphatic rings. The third-order valence-corrected chi connectivity index (χ3v) is 0.824. The first-order chi connectivity index (χ1) is 4.31. The van der Waals surface area contributed by atoms with E-state index < -0.39 is 0 Å². The predicted octanol–water partition coefficient (Wildman–Crippen LogP) is 0.995. The van der Waals surface area contributed by atoms with E-state index in [-0.39, 0.29) is 5.92 Å². The molecule has 1 unspecified atom stereocenters. The van der Waals surface area contributed by atoms with E-state index >= 15 is 0 Å². The molecular formula is C6H7ClO2. The first kappa shape index (κ1) is 8.32. The zero-order valence-corrected chi connectivity index (χ0v) is 5.81. The van der Waals surface area contributed by atoms with Gasteiger partial charge in [-0.05, 0) is 18.5 Å².